The SMILES string of the molecule is C#Cc1ccc(-c2ccc(N(c3ccc(-c4ccc5c(c4)c4ccccc4n5-c4ccccc4)cc3)c3ccc(-c4cccc5c4oc4ccccc45)cc3)cc2)cc1. The van der Waals surface area contributed by atoms with E-state index in [1.54, 1.807) is 0 Å². The van der Waals surface area contributed by atoms with Crippen LogP contribution in [0.15, 0.2) is 217 Å². The molecule has 0 fully saturated rings. The van der Waals surface area contributed by atoms with Gasteiger partial charge in [0.2, 0.25) is 0 Å². The number of para-hydroxylation sites is 4. The summed E-state index contributed by atoms with van der Waals surface area (Å²) < 4.78 is 8.76. The molecule has 0 spiro atoms. The number of hydrogen-bond donors (Lipinski definition) is 0. The van der Waals surface area contributed by atoms with Crippen LogP contribution in [0.1, 0.15) is 5.56 Å². The van der Waals surface area contributed by atoms with Gasteiger partial charge in [0.25, 0.3) is 0 Å². The fraction of sp³-hybridized carbons (Fsp3) is 0. The third-order valence-electron chi connectivity index (χ3n) is 11.5. The summed E-state index contributed by atoms with van der Waals surface area (Å²) in [6.45, 7) is 0. The Hall–Kier alpha value is -8.06. The number of aromatic nitrogens is 1. The number of nitrogens with zero attached hydrogens (tertiary/aromatic N) is 2. The molecular formula is C56H36N2O. The van der Waals surface area contributed by atoms with Crippen molar-refractivity contribution >= 4 is 60.8 Å². The van der Waals surface area contributed by atoms with E-state index in [9.17, 15) is 0 Å². The first-order valence-corrected chi connectivity index (χ1v) is 19.9. The Bertz CT molecular complexity index is 3350. The van der Waals surface area contributed by atoms with Gasteiger partial charge in [-0.25, -0.2) is 0 Å². The molecule has 11 rings (SSSR count). The van der Waals surface area contributed by atoms with Gasteiger partial charge in [-0.15, -0.1) is 6.42 Å². The monoisotopic (exact) mass is 752 g/mol. The number of anilines is 3. The van der Waals surface area contributed by atoms with Crippen LogP contribution in [0, 0.1) is 12.3 Å². The van der Waals surface area contributed by atoms with E-state index in [2.05, 4.69) is 203 Å². The van der Waals surface area contributed by atoms with Gasteiger partial charge in [-0.1, -0.05) is 133 Å². The fourth-order valence-electron chi connectivity index (χ4n) is 8.58. The minimum Gasteiger partial charge on any atom is -0.455 e. The van der Waals surface area contributed by atoms with Crippen molar-refractivity contribution in [2.24, 2.45) is 0 Å². The molecule has 0 saturated heterocycles. The van der Waals surface area contributed by atoms with Gasteiger partial charge >= 0.3 is 0 Å². The zero-order valence-electron chi connectivity index (χ0n) is 32.1. The van der Waals surface area contributed by atoms with Crippen LogP contribution in [0.2, 0.25) is 0 Å². The van der Waals surface area contributed by atoms with Crippen molar-refractivity contribution in [3.05, 3.63) is 218 Å². The highest BCUT2D eigenvalue weighted by atomic mass is 16.3. The van der Waals surface area contributed by atoms with Crippen molar-refractivity contribution in [3.8, 4) is 51.4 Å². The van der Waals surface area contributed by atoms with Crippen molar-refractivity contribution in [3.63, 3.8) is 0 Å². The van der Waals surface area contributed by atoms with Crippen LogP contribution >= 0.6 is 0 Å². The van der Waals surface area contributed by atoms with Crippen LogP contribution in [0.4, 0.5) is 17.1 Å². The standard InChI is InChI=1S/C56H36N2O/c1-2-38-19-21-39(22-20-38)40-23-30-45(31-24-40)57(47-34-27-42(28-35-47)48-15-10-16-51-50-14-7-9-18-55(50)59-56(48)51)46-32-25-41(26-33-46)43-29-36-54-52(37-43)49-13-6-8-17-53(49)58(54)44-11-4-3-5-12-44/h1,3-37H. The summed E-state index contributed by atoms with van der Waals surface area (Å²) in [4.78, 5) is 2.32. The van der Waals surface area contributed by atoms with Gasteiger partial charge in [0.1, 0.15) is 11.2 Å². The van der Waals surface area contributed by atoms with Gasteiger partial charge < -0.3 is 13.9 Å². The Morgan fingerprint density at radius 1 is 0.407 bits per heavy atom. The number of benzene rings is 9. The lowest BCUT2D eigenvalue weighted by Crippen LogP contribution is -2.09. The van der Waals surface area contributed by atoms with E-state index in [-0.39, 0.29) is 0 Å². The third-order valence-corrected chi connectivity index (χ3v) is 11.5. The molecule has 276 valence electrons. The molecular weight excluding hydrogens is 717 g/mol. The zero-order valence-corrected chi connectivity index (χ0v) is 32.1. The first-order valence-electron chi connectivity index (χ1n) is 19.9. The molecule has 59 heavy (non-hydrogen) atoms. The molecule has 0 N–H and O–H groups in total. The summed E-state index contributed by atoms with van der Waals surface area (Å²) in [5, 5.41) is 4.73. The third kappa shape index (κ3) is 5.95. The second kappa shape index (κ2) is 14.2. The quantitative estimate of drug-likeness (QED) is 0.151. The van der Waals surface area contributed by atoms with E-state index < -0.39 is 0 Å². The molecule has 0 amide bonds. The van der Waals surface area contributed by atoms with E-state index in [1.165, 1.54) is 27.4 Å². The van der Waals surface area contributed by atoms with E-state index >= 15 is 0 Å². The molecule has 2 heterocycles. The second-order valence-electron chi connectivity index (χ2n) is 14.9. The average Bonchev–Trinajstić information content (AvgIpc) is 3.86. The number of furan rings is 1. The van der Waals surface area contributed by atoms with E-state index in [4.69, 9.17) is 10.8 Å². The molecule has 3 nitrogen and oxygen atoms in total. The lowest BCUT2D eigenvalue weighted by molar-refractivity contribution is 0.670. The minimum atomic E-state index is 0.874. The topological polar surface area (TPSA) is 21.3 Å². The van der Waals surface area contributed by atoms with Crippen molar-refractivity contribution in [2.75, 3.05) is 4.90 Å². The van der Waals surface area contributed by atoms with Gasteiger partial charge in [-0.3, -0.25) is 0 Å². The second-order valence-corrected chi connectivity index (χ2v) is 14.9. The van der Waals surface area contributed by atoms with E-state index in [0.29, 0.717) is 0 Å². The Labute approximate surface area is 342 Å². The molecule has 0 aliphatic heterocycles. The predicted octanol–water partition coefficient (Wildman–Crippen LogP) is 15.1. The van der Waals surface area contributed by atoms with Gasteiger partial charge in [0, 0.05) is 55.4 Å². The summed E-state index contributed by atoms with van der Waals surface area (Å²) in [5.41, 5.74) is 16.2. The summed E-state index contributed by atoms with van der Waals surface area (Å²) in [7, 11) is 0. The highest BCUT2D eigenvalue weighted by molar-refractivity contribution is 6.11. The zero-order chi connectivity index (χ0) is 39.3. The first-order chi connectivity index (χ1) is 29.2. The minimum absolute atomic E-state index is 0.874. The van der Waals surface area contributed by atoms with Crippen molar-refractivity contribution < 1.29 is 4.42 Å². The Kier molecular flexibility index (Phi) is 8.20. The van der Waals surface area contributed by atoms with Gasteiger partial charge in [0.05, 0.1) is 11.0 Å². The molecule has 0 radical (unpaired) electrons. The van der Waals surface area contributed by atoms with Crippen LogP contribution in [0.25, 0.3) is 82.8 Å². The fourth-order valence-corrected chi connectivity index (χ4v) is 8.58. The number of rotatable bonds is 7. The van der Waals surface area contributed by atoms with Crippen molar-refractivity contribution in [2.45, 2.75) is 0 Å². The van der Waals surface area contributed by atoms with Crippen molar-refractivity contribution in [1.29, 1.82) is 0 Å². The first kappa shape index (κ1) is 34.2. The largest absolute Gasteiger partial charge is 0.455 e. The van der Waals surface area contributed by atoms with Crippen LogP contribution in [0.5, 0.6) is 0 Å². The summed E-state index contributed by atoms with van der Waals surface area (Å²) >= 11 is 0. The van der Waals surface area contributed by atoms with E-state index in [1.807, 2.05) is 24.3 Å². The molecule has 0 bridgehead atoms. The predicted molar refractivity (Wildman–Crippen MR) is 247 cm³/mol. The molecule has 0 saturated carbocycles. The van der Waals surface area contributed by atoms with Crippen molar-refractivity contribution in [1.82, 2.24) is 4.57 Å². The summed E-state index contributed by atoms with van der Waals surface area (Å²) in [5.74, 6) is 2.72. The maximum Gasteiger partial charge on any atom is 0.143 e. The normalized spacial score (nSPS) is 11.4. The maximum atomic E-state index is 6.41. The van der Waals surface area contributed by atoms with E-state index in [0.717, 1.165) is 78.1 Å². The molecule has 0 unspecified atom stereocenters. The molecule has 11 aromatic rings. The lowest BCUT2D eigenvalue weighted by atomic mass is 10.0. The van der Waals surface area contributed by atoms with Gasteiger partial charge in [-0.2, -0.15) is 0 Å². The highest BCUT2D eigenvalue weighted by Gasteiger charge is 2.17. The summed E-state index contributed by atoms with van der Waals surface area (Å²) in [6, 6.07) is 75.3. The molecule has 2 aromatic heterocycles. The average molecular weight is 753 g/mol. The number of terminal acetylenes is 1. The van der Waals surface area contributed by atoms with Crippen LogP contribution in [-0.2, 0) is 0 Å². The van der Waals surface area contributed by atoms with Gasteiger partial charge in [0.15, 0.2) is 0 Å². The molecule has 3 heteroatoms. The molecule has 9 aromatic carbocycles. The Balaban J connectivity index is 0.980. The highest BCUT2D eigenvalue weighted by Crippen LogP contribution is 2.41. The lowest BCUT2D eigenvalue weighted by Gasteiger charge is -2.26. The molecule has 0 aliphatic carbocycles. The van der Waals surface area contributed by atoms with Gasteiger partial charge in [-0.05, 0) is 113 Å². The molecule has 0 atom stereocenters. The maximum absolute atomic E-state index is 6.41. The Morgan fingerprint density at radius 3 is 1.61 bits per heavy atom. The Morgan fingerprint density at radius 2 is 0.932 bits per heavy atom. The smallest absolute Gasteiger partial charge is 0.143 e. The van der Waals surface area contributed by atoms with Crippen LogP contribution in [0.3, 0.4) is 0 Å². The number of fused-ring (bicyclic) bond motifs is 6. The van der Waals surface area contributed by atoms with Crippen LogP contribution in [-0.4, -0.2) is 4.57 Å². The van der Waals surface area contributed by atoms with Crippen LogP contribution < -0.4 is 4.90 Å². The summed E-state index contributed by atoms with van der Waals surface area (Å²) in [6.07, 6.45) is 5.63. The molecule has 0 aliphatic rings. The number of hydrogen-bond acceptors (Lipinski definition) is 2.